The van der Waals surface area contributed by atoms with Crippen molar-refractivity contribution in [2.24, 2.45) is 0 Å². The van der Waals surface area contributed by atoms with Gasteiger partial charge in [-0.25, -0.2) is 9.52 Å². The lowest BCUT2D eigenvalue weighted by Crippen LogP contribution is -2.50. The Kier molecular flexibility index (Phi) is 5.36. The number of amides is 1. The molecule has 3 N–H and O–H groups in total. The second kappa shape index (κ2) is 5.82. The van der Waals surface area contributed by atoms with Gasteiger partial charge in [0.05, 0.1) is 7.11 Å². The highest BCUT2D eigenvalue weighted by molar-refractivity contribution is 7.88. The molecular weight excluding hydrogens is 252 g/mol. The summed E-state index contributed by atoms with van der Waals surface area (Å²) in [5, 5.41) is 8.49. The molecule has 0 atom stereocenters. The first-order valence-electron chi connectivity index (χ1n) is 4.69. The lowest BCUT2D eigenvalue weighted by molar-refractivity contribution is -0.137. The van der Waals surface area contributed by atoms with Crippen LogP contribution in [0.25, 0.3) is 0 Å². The van der Waals surface area contributed by atoms with E-state index in [1.807, 2.05) is 0 Å². The molecule has 9 heteroatoms. The molecule has 0 radical (unpaired) electrons. The lowest BCUT2D eigenvalue weighted by atomic mass is 10.0. The number of hydrogen-bond donors (Lipinski definition) is 3. The van der Waals surface area contributed by atoms with Gasteiger partial charge in [0.2, 0.25) is 0 Å². The maximum absolute atomic E-state index is 11.4. The Labute approximate surface area is 99.5 Å². The Morgan fingerprint density at radius 1 is 1.35 bits per heavy atom. The second-order valence-electron chi connectivity index (χ2n) is 3.98. The minimum absolute atomic E-state index is 0.0877. The molecule has 0 aromatic rings. The molecule has 0 fully saturated rings. The topological polar surface area (TPSA) is 122 Å². The van der Waals surface area contributed by atoms with Crippen LogP contribution >= 0.6 is 0 Å². The van der Waals surface area contributed by atoms with Crippen LogP contribution in [0.15, 0.2) is 0 Å². The summed E-state index contributed by atoms with van der Waals surface area (Å²) < 4.78 is 30.7. The predicted molar refractivity (Wildman–Crippen MR) is 58.5 cm³/mol. The van der Waals surface area contributed by atoms with E-state index in [-0.39, 0.29) is 12.8 Å². The number of aliphatic carboxylic acids is 1. The number of nitrogens with one attached hydrogen (secondary N) is 2. The summed E-state index contributed by atoms with van der Waals surface area (Å²) in [6, 6.07) is 0. The molecule has 8 nitrogen and oxygen atoms in total. The molecule has 0 saturated carbocycles. The smallest absolute Gasteiger partial charge is 0.421 e. The highest BCUT2D eigenvalue weighted by Gasteiger charge is 2.26. The van der Waals surface area contributed by atoms with Crippen molar-refractivity contribution in [3.05, 3.63) is 0 Å². The maximum atomic E-state index is 11.4. The molecule has 0 aliphatic carbocycles. The van der Waals surface area contributed by atoms with Crippen molar-refractivity contribution < 1.29 is 27.9 Å². The van der Waals surface area contributed by atoms with Gasteiger partial charge < -0.3 is 9.84 Å². The minimum atomic E-state index is -4.07. The van der Waals surface area contributed by atoms with E-state index in [0.29, 0.717) is 0 Å². The normalized spacial score (nSPS) is 11.9. The molecule has 0 saturated heterocycles. The van der Waals surface area contributed by atoms with Crippen molar-refractivity contribution in [2.75, 3.05) is 7.11 Å². The van der Waals surface area contributed by atoms with Gasteiger partial charge in [0.15, 0.2) is 0 Å². The number of carboxylic acid groups (broad SMARTS) is 1. The molecule has 0 bridgehead atoms. The van der Waals surface area contributed by atoms with Gasteiger partial charge in [-0.15, -0.1) is 0 Å². The summed E-state index contributed by atoms with van der Waals surface area (Å²) in [6.45, 7) is 3.01. The van der Waals surface area contributed by atoms with E-state index < -0.39 is 27.8 Å². The summed E-state index contributed by atoms with van der Waals surface area (Å²) in [4.78, 5) is 21.1. The molecule has 0 rings (SSSR count). The number of ether oxygens (including phenoxy) is 1. The zero-order chi connectivity index (χ0) is 13.7. The van der Waals surface area contributed by atoms with Crippen molar-refractivity contribution >= 4 is 22.3 Å². The minimum Gasteiger partial charge on any atom is -0.481 e. The average Bonchev–Trinajstić information content (AvgIpc) is 2.12. The van der Waals surface area contributed by atoms with Crippen LogP contribution in [0, 0.1) is 0 Å². The standard InChI is InChI=1S/C8H16N2O6S/c1-8(2,5-4-6(11)12)10-17(14,15)9-7(13)16-3/h10H,4-5H2,1-3H3,(H,9,13)(H,11,12). The van der Waals surface area contributed by atoms with E-state index in [4.69, 9.17) is 5.11 Å². The first-order valence-corrected chi connectivity index (χ1v) is 6.18. The van der Waals surface area contributed by atoms with Gasteiger partial charge >= 0.3 is 22.3 Å². The van der Waals surface area contributed by atoms with Crippen LogP contribution in [0.1, 0.15) is 26.7 Å². The number of carbonyl (C=O) groups excluding carboxylic acids is 1. The van der Waals surface area contributed by atoms with Gasteiger partial charge in [-0.1, -0.05) is 0 Å². The van der Waals surface area contributed by atoms with E-state index in [1.165, 1.54) is 13.8 Å². The van der Waals surface area contributed by atoms with Gasteiger partial charge in [0.25, 0.3) is 0 Å². The van der Waals surface area contributed by atoms with Crippen LogP contribution in [0.3, 0.4) is 0 Å². The first kappa shape index (κ1) is 15.7. The largest absolute Gasteiger partial charge is 0.481 e. The Morgan fingerprint density at radius 2 is 1.88 bits per heavy atom. The van der Waals surface area contributed by atoms with Crippen molar-refractivity contribution in [1.82, 2.24) is 9.44 Å². The van der Waals surface area contributed by atoms with Gasteiger partial charge in [0, 0.05) is 12.0 Å². The van der Waals surface area contributed by atoms with Crippen LogP contribution in [0.4, 0.5) is 4.79 Å². The van der Waals surface area contributed by atoms with Crippen molar-refractivity contribution in [3.63, 3.8) is 0 Å². The molecular formula is C8H16N2O6S. The quantitative estimate of drug-likeness (QED) is 0.614. The van der Waals surface area contributed by atoms with E-state index in [0.717, 1.165) is 7.11 Å². The molecule has 0 aliphatic heterocycles. The number of carbonyl (C=O) groups is 2. The van der Waals surface area contributed by atoms with Gasteiger partial charge in [-0.2, -0.15) is 13.1 Å². The maximum Gasteiger partial charge on any atom is 0.421 e. The highest BCUT2D eigenvalue weighted by atomic mass is 32.2. The molecule has 0 heterocycles. The van der Waals surface area contributed by atoms with Gasteiger partial charge in [-0.05, 0) is 20.3 Å². The summed E-state index contributed by atoms with van der Waals surface area (Å²) in [7, 11) is -3.04. The van der Waals surface area contributed by atoms with Crippen LogP contribution in [0.5, 0.6) is 0 Å². The van der Waals surface area contributed by atoms with E-state index in [9.17, 15) is 18.0 Å². The SMILES string of the molecule is COC(=O)NS(=O)(=O)NC(C)(C)CCC(=O)O. The van der Waals surface area contributed by atoms with Crippen LogP contribution < -0.4 is 9.44 Å². The fraction of sp³-hybridized carbons (Fsp3) is 0.750. The van der Waals surface area contributed by atoms with Crippen molar-refractivity contribution in [1.29, 1.82) is 0 Å². The molecule has 0 aliphatic rings. The van der Waals surface area contributed by atoms with Crippen LogP contribution in [-0.2, 0) is 19.7 Å². The predicted octanol–water partition coefficient (Wildman–Crippen LogP) is -0.180. The number of methoxy groups -OCH3 is 1. The monoisotopic (exact) mass is 268 g/mol. The molecule has 17 heavy (non-hydrogen) atoms. The summed E-state index contributed by atoms with van der Waals surface area (Å²) >= 11 is 0. The van der Waals surface area contributed by atoms with Gasteiger partial charge in [-0.3, -0.25) is 4.79 Å². The number of rotatable bonds is 6. The van der Waals surface area contributed by atoms with Crippen LogP contribution in [-0.4, -0.2) is 38.2 Å². The summed E-state index contributed by atoms with van der Waals surface area (Å²) in [5.74, 6) is -1.03. The molecule has 0 unspecified atom stereocenters. The highest BCUT2D eigenvalue weighted by Crippen LogP contribution is 2.12. The Morgan fingerprint density at radius 3 is 2.29 bits per heavy atom. The zero-order valence-electron chi connectivity index (χ0n) is 9.81. The third-order valence-corrected chi connectivity index (χ3v) is 3.03. The third kappa shape index (κ3) is 7.53. The fourth-order valence-corrected chi connectivity index (χ4v) is 2.19. The Bertz CT molecular complexity index is 389. The van der Waals surface area contributed by atoms with E-state index in [1.54, 1.807) is 4.72 Å². The molecule has 0 spiro atoms. The summed E-state index contributed by atoms with van der Waals surface area (Å²) in [6.07, 6.45) is -1.22. The lowest BCUT2D eigenvalue weighted by Gasteiger charge is -2.24. The van der Waals surface area contributed by atoms with Crippen LogP contribution in [0.2, 0.25) is 0 Å². The van der Waals surface area contributed by atoms with Crippen molar-refractivity contribution in [3.8, 4) is 0 Å². The molecule has 0 aromatic carbocycles. The molecule has 0 aromatic heterocycles. The Hall–Kier alpha value is -1.35. The zero-order valence-corrected chi connectivity index (χ0v) is 10.6. The second-order valence-corrected chi connectivity index (χ2v) is 5.39. The molecule has 100 valence electrons. The molecule has 1 amide bonds. The van der Waals surface area contributed by atoms with Gasteiger partial charge in [0.1, 0.15) is 0 Å². The third-order valence-electron chi connectivity index (χ3n) is 1.78. The summed E-state index contributed by atoms with van der Waals surface area (Å²) in [5.41, 5.74) is -0.988. The number of carboxylic acids is 1. The number of hydrogen-bond acceptors (Lipinski definition) is 5. The fourth-order valence-electron chi connectivity index (χ4n) is 1.01. The first-order chi connectivity index (χ1) is 7.58. The average molecular weight is 268 g/mol. The van der Waals surface area contributed by atoms with E-state index >= 15 is 0 Å². The Balaban J connectivity index is 4.48. The van der Waals surface area contributed by atoms with E-state index in [2.05, 4.69) is 9.46 Å². The van der Waals surface area contributed by atoms with Crippen molar-refractivity contribution in [2.45, 2.75) is 32.2 Å².